The lowest BCUT2D eigenvalue weighted by Crippen LogP contribution is -2.35. The number of nitrogens with one attached hydrogen (secondary N) is 1. The van der Waals surface area contributed by atoms with Gasteiger partial charge in [0.1, 0.15) is 0 Å². The summed E-state index contributed by atoms with van der Waals surface area (Å²) in [6.45, 7) is 2.36. The number of fused-ring (bicyclic) bond motifs is 1. The molecule has 2 aromatic rings. The van der Waals surface area contributed by atoms with Crippen LogP contribution in [0.2, 0.25) is 0 Å². The quantitative estimate of drug-likeness (QED) is 0.875. The standard InChI is InChI=1S/C12H16N2OS2/c1-12(15,8-16-2)7-13-11-14-9-5-3-4-6-10(9)17-11/h3-6,15H,7-8H2,1-2H3,(H,13,14). The predicted molar refractivity (Wildman–Crippen MR) is 77.1 cm³/mol. The van der Waals surface area contributed by atoms with Crippen LogP contribution in [-0.2, 0) is 0 Å². The minimum atomic E-state index is -0.697. The van der Waals surface area contributed by atoms with E-state index in [0.29, 0.717) is 12.3 Å². The molecule has 0 fully saturated rings. The molecule has 1 aromatic heterocycles. The number of aromatic nitrogens is 1. The summed E-state index contributed by atoms with van der Waals surface area (Å²) in [6.07, 6.45) is 1.99. The Labute approximate surface area is 109 Å². The van der Waals surface area contributed by atoms with E-state index in [4.69, 9.17) is 0 Å². The zero-order valence-electron chi connectivity index (χ0n) is 9.93. The van der Waals surface area contributed by atoms with E-state index in [2.05, 4.69) is 16.4 Å². The molecule has 2 rings (SSSR count). The molecule has 17 heavy (non-hydrogen) atoms. The monoisotopic (exact) mass is 268 g/mol. The maximum absolute atomic E-state index is 10.0. The molecule has 3 nitrogen and oxygen atoms in total. The first kappa shape index (κ1) is 12.7. The van der Waals surface area contributed by atoms with Crippen molar-refractivity contribution in [1.82, 2.24) is 4.98 Å². The smallest absolute Gasteiger partial charge is 0.183 e. The fraction of sp³-hybridized carbons (Fsp3) is 0.417. The predicted octanol–water partition coefficient (Wildman–Crippen LogP) is 2.82. The highest BCUT2D eigenvalue weighted by atomic mass is 32.2. The van der Waals surface area contributed by atoms with Crippen LogP contribution in [0.1, 0.15) is 6.92 Å². The van der Waals surface area contributed by atoms with Gasteiger partial charge in [-0.3, -0.25) is 0 Å². The van der Waals surface area contributed by atoms with Gasteiger partial charge in [-0.2, -0.15) is 11.8 Å². The zero-order valence-corrected chi connectivity index (χ0v) is 11.6. The van der Waals surface area contributed by atoms with Gasteiger partial charge in [-0.15, -0.1) is 0 Å². The van der Waals surface area contributed by atoms with Gasteiger partial charge in [0.2, 0.25) is 0 Å². The highest BCUT2D eigenvalue weighted by molar-refractivity contribution is 7.98. The van der Waals surface area contributed by atoms with Crippen molar-refractivity contribution in [3.8, 4) is 0 Å². The molecular weight excluding hydrogens is 252 g/mol. The maximum atomic E-state index is 10.0. The second-order valence-corrected chi connectivity index (χ2v) is 6.17. The second-order valence-electron chi connectivity index (χ2n) is 4.27. The Balaban J connectivity index is 2.04. The van der Waals surface area contributed by atoms with E-state index in [1.165, 1.54) is 4.70 Å². The van der Waals surface area contributed by atoms with Crippen molar-refractivity contribution in [1.29, 1.82) is 0 Å². The van der Waals surface area contributed by atoms with Crippen molar-refractivity contribution >= 4 is 38.4 Å². The Bertz CT molecular complexity index is 463. The molecular formula is C12H16N2OS2. The van der Waals surface area contributed by atoms with Gasteiger partial charge in [0.15, 0.2) is 5.13 Å². The molecule has 1 aromatic carbocycles. The highest BCUT2D eigenvalue weighted by Gasteiger charge is 2.19. The summed E-state index contributed by atoms with van der Waals surface area (Å²) in [5, 5.41) is 14.1. The number of nitrogens with zero attached hydrogens (tertiary/aromatic N) is 1. The Morgan fingerprint density at radius 3 is 2.94 bits per heavy atom. The average molecular weight is 268 g/mol. The normalized spacial score (nSPS) is 14.8. The van der Waals surface area contributed by atoms with Gasteiger partial charge in [0.05, 0.1) is 15.8 Å². The molecule has 0 aliphatic rings. The summed E-state index contributed by atoms with van der Waals surface area (Å²) in [5.41, 5.74) is 0.307. The number of aliphatic hydroxyl groups is 1. The van der Waals surface area contributed by atoms with Crippen LogP contribution in [0, 0.1) is 0 Å². The molecule has 0 amide bonds. The molecule has 1 atom stereocenters. The fourth-order valence-electron chi connectivity index (χ4n) is 1.58. The van der Waals surface area contributed by atoms with E-state index in [-0.39, 0.29) is 0 Å². The van der Waals surface area contributed by atoms with Crippen LogP contribution < -0.4 is 5.32 Å². The average Bonchev–Trinajstić information content (AvgIpc) is 2.69. The molecule has 0 bridgehead atoms. The first-order chi connectivity index (χ1) is 8.11. The zero-order chi connectivity index (χ0) is 12.3. The second kappa shape index (κ2) is 5.25. The summed E-state index contributed by atoms with van der Waals surface area (Å²) in [6, 6.07) is 8.04. The molecule has 0 saturated carbocycles. The van der Waals surface area contributed by atoms with E-state index >= 15 is 0 Å². The summed E-state index contributed by atoms with van der Waals surface area (Å²) in [5.74, 6) is 0.713. The van der Waals surface area contributed by atoms with Crippen molar-refractivity contribution in [3.05, 3.63) is 24.3 Å². The van der Waals surface area contributed by atoms with Gasteiger partial charge in [-0.05, 0) is 25.3 Å². The van der Waals surface area contributed by atoms with Crippen molar-refractivity contribution < 1.29 is 5.11 Å². The van der Waals surface area contributed by atoms with Crippen LogP contribution in [0.15, 0.2) is 24.3 Å². The van der Waals surface area contributed by atoms with Crippen LogP contribution in [0.4, 0.5) is 5.13 Å². The van der Waals surface area contributed by atoms with E-state index in [1.54, 1.807) is 23.1 Å². The Morgan fingerprint density at radius 2 is 2.24 bits per heavy atom. The number of para-hydroxylation sites is 1. The summed E-state index contributed by atoms with van der Waals surface area (Å²) in [4.78, 5) is 4.47. The first-order valence-electron chi connectivity index (χ1n) is 5.41. The van der Waals surface area contributed by atoms with Gasteiger partial charge < -0.3 is 10.4 Å². The van der Waals surface area contributed by atoms with Crippen LogP contribution in [0.5, 0.6) is 0 Å². The molecule has 0 aliphatic heterocycles. The lowest BCUT2D eigenvalue weighted by atomic mass is 10.1. The summed E-state index contributed by atoms with van der Waals surface area (Å²) in [7, 11) is 0. The van der Waals surface area contributed by atoms with Crippen molar-refractivity contribution in [2.75, 3.05) is 23.9 Å². The van der Waals surface area contributed by atoms with Crippen LogP contribution >= 0.6 is 23.1 Å². The molecule has 92 valence electrons. The SMILES string of the molecule is CSCC(C)(O)CNc1nc2ccccc2s1. The molecule has 0 saturated heterocycles. The van der Waals surface area contributed by atoms with Gasteiger partial charge in [-0.1, -0.05) is 23.5 Å². The minimum absolute atomic E-state index is 0.521. The lowest BCUT2D eigenvalue weighted by Gasteiger charge is -2.22. The third-order valence-corrected chi connectivity index (χ3v) is 4.27. The van der Waals surface area contributed by atoms with E-state index in [1.807, 2.05) is 31.4 Å². The van der Waals surface area contributed by atoms with Gasteiger partial charge in [0, 0.05) is 12.3 Å². The summed E-state index contributed by atoms with van der Waals surface area (Å²) >= 11 is 3.26. The molecule has 0 radical (unpaired) electrons. The number of hydrogen-bond donors (Lipinski definition) is 2. The number of hydrogen-bond acceptors (Lipinski definition) is 5. The lowest BCUT2D eigenvalue weighted by molar-refractivity contribution is 0.0997. The van der Waals surface area contributed by atoms with Crippen molar-refractivity contribution in [2.45, 2.75) is 12.5 Å². The number of rotatable bonds is 5. The van der Waals surface area contributed by atoms with Gasteiger partial charge in [-0.25, -0.2) is 4.98 Å². The van der Waals surface area contributed by atoms with E-state index < -0.39 is 5.60 Å². The molecule has 0 spiro atoms. The number of thioether (sulfide) groups is 1. The van der Waals surface area contributed by atoms with Crippen LogP contribution in [0.25, 0.3) is 10.2 Å². The van der Waals surface area contributed by atoms with Crippen LogP contribution in [-0.4, -0.2) is 34.2 Å². The highest BCUT2D eigenvalue weighted by Crippen LogP contribution is 2.25. The molecule has 0 aliphatic carbocycles. The topological polar surface area (TPSA) is 45.1 Å². The Morgan fingerprint density at radius 1 is 1.47 bits per heavy atom. The fourth-order valence-corrected chi connectivity index (χ4v) is 3.16. The molecule has 1 heterocycles. The Kier molecular flexibility index (Phi) is 3.91. The van der Waals surface area contributed by atoms with Crippen molar-refractivity contribution in [3.63, 3.8) is 0 Å². The van der Waals surface area contributed by atoms with Crippen molar-refractivity contribution in [2.24, 2.45) is 0 Å². The maximum Gasteiger partial charge on any atom is 0.183 e. The van der Waals surface area contributed by atoms with Gasteiger partial charge in [0.25, 0.3) is 0 Å². The third kappa shape index (κ3) is 3.34. The minimum Gasteiger partial charge on any atom is -0.387 e. The number of anilines is 1. The van der Waals surface area contributed by atoms with Gasteiger partial charge >= 0.3 is 0 Å². The van der Waals surface area contributed by atoms with E-state index in [0.717, 1.165) is 10.6 Å². The molecule has 2 N–H and O–H groups in total. The van der Waals surface area contributed by atoms with Crippen LogP contribution in [0.3, 0.4) is 0 Å². The van der Waals surface area contributed by atoms with E-state index in [9.17, 15) is 5.11 Å². The summed E-state index contributed by atoms with van der Waals surface area (Å²) < 4.78 is 1.17. The largest absolute Gasteiger partial charge is 0.387 e. The first-order valence-corrected chi connectivity index (χ1v) is 7.62. The molecule has 5 heteroatoms. The number of benzene rings is 1. The number of thiazole rings is 1. The third-order valence-electron chi connectivity index (χ3n) is 2.37. The molecule has 1 unspecified atom stereocenters. The Hall–Kier alpha value is -0.780.